The number of carboxylic acid groups (broad SMARTS) is 1. The Kier molecular flexibility index (Phi) is 2.27. The highest BCUT2D eigenvalue weighted by Gasteiger charge is 2.34. The third-order valence-corrected chi connectivity index (χ3v) is 2.00. The van der Waals surface area contributed by atoms with Crippen molar-refractivity contribution in [3.63, 3.8) is 0 Å². The molecule has 0 spiro atoms. The third-order valence-electron chi connectivity index (χ3n) is 2.00. The number of carboxylic acids is 1. The summed E-state index contributed by atoms with van der Waals surface area (Å²) >= 11 is 0. The van der Waals surface area contributed by atoms with Crippen molar-refractivity contribution in [1.82, 2.24) is 5.32 Å². The molecule has 3 heteroatoms. The van der Waals surface area contributed by atoms with Gasteiger partial charge in [-0.3, -0.25) is 4.79 Å². The summed E-state index contributed by atoms with van der Waals surface area (Å²) in [6.45, 7) is 2.96. The standard InChI is InChI=1S/C7H13NO2/c1-2-3-5-4-8-6(5)7(9)10/h5-6,8H,2-4H2,1H3,(H,9,10). The Morgan fingerprint density at radius 2 is 2.50 bits per heavy atom. The smallest absolute Gasteiger partial charge is 0.321 e. The van der Waals surface area contributed by atoms with Crippen molar-refractivity contribution in [3.05, 3.63) is 0 Å². The lowest BCUT2D eigenvalue weighted by Gasteiger charge is -2.34. The van der Waals surface area contributed by atoms with Crippen LogP contribution in [0.25, 0.3) is 0 Å². The van der Waals surface area contributed by atoms with Crippen molar-refractivity contribution < 1.29 is 9.90 Å². The van der Waals surface area contributed by atoms with Gasteiger partial charge in [0, 0.05) is 6.54 Å². The van der Waals surface area contributed by atoms with Crippen molar-refractivity contribution in [1.29, 1.82) is 0 Å². The van der Waals surface area contributed by atoms with Crippen molar-refractivity contribution in [2.75, 3.05) is 6.54 Å². The molecule has 3 nitrogen and oxygen atoms in total. The number of hydrogen-bond acceptors (Lipinski definition) is 2. The van der Waals surface area contributed by atoms with E-state index in [9.17, 15) is 4.79 Å². The van der Waals surface area contributed by atoms with Crippen LogP contribution < -0.4 is 5.32 Å². The summed E-state index contributed by atoms with van der Waals surface area (Å²) in [5.41, 5.74) is 0. The first kappa shape index (κ1) is 7.54. The van der Waals surface area contributed by atoms with Crippen LogP contribution >= 0.6 is 0 Å². The van der Waals surface area contributed by atoms with Gasteiger partial charge in [0.2, 0.25) is 0 Å². The van der Waals surface area contributed by atoms with Crippen molar-refractivity contribution in [3.8, 4) is 0 Å². The van der Waals surface area contributed by atoms with Crippen LogP contribution in [-0.4, -0.2) is 23.7 Å². The summed E-state index contributed by atoms with van der Waals surface area (Å²) in [5, 5.41) is 11.4. The second-order valence-corrected chi connectivity index (χ2v) is 2.77. The van der Waals surface area contributed by atoms with Gasteiger partial charge in [-0.15, -0.1) is 0 Å². The molecule has 2 N–H and O–H groups in total. The molecular formula is C7H13NO2. The Morgan fingerprint density at radius 1 is 1.80 bits per heavy atom. The summed E-state index contributed by atoms with van der Waals surface area (Å²) in [6.07, 6.45) is 2.11. The van der Waals surface area contributed by atoms with Crippen molar-refractivity contribution >= 4 is 5.97 Å². The quantitative estimate of drug-likeness (QED) is 0.603. The summed E-state index contributed by atoms with van der Waals surface area (Å²) in [4.78, 5) is 10.4. The molecule has 1 aliphatic heterocycles. The molecule has 0 saturated carbocycles. The van der Waals surface area contributed by atoms with Gasteiger partial charge in [-0.1, -0.05) is 13.3 Å². The maximum absolute atomic E-state index is 10.4. The van der Waals surface area contributed by atoms with Gasteiger partial charge >= 0.3 is 5.97 Å². The van der Waals surface area contributed by atoms with Crippen molar-refractivity contribution in [2.45, 2.75) is 25.8 Å². The zero-order chi connectivity index (χ0) is 7.56. The fourth-order valence-electron chi connectivity index (χ4n) is 1.33. The molecule has 0 amide bonds. The zero-order valence-electron chi connectivity index (χ0n) is 6.13. The molecule has 58 valence electrons. The average molecular weight is 143 g/mol. The van der Waals surface area contributed by atoms with Gasteiger partial charge in [0.25, 0.3) is 0 Å². The number of rotatable bonds is 3. The zero-order valence-corrected chi connectivity index (χ0v) is 6.13. The van der Waals surface area contributed by atoms with E-state index in [1.807, 2.05) is 0 Å². The molecular weight excluding hydrogens is 130 g/mol. The Hall–Kier alpha value is -0.570. The van der Waals surface area contributed by atoms with Gasteiger partial charge in [0.05, 0.1) is 0 Å². The normalized spacial score (nSPS) is 31.3. The van der Waals surface area contributed by atoms with E-state index < -0.39 is 5.97 Å². The van der Waals surface area contributed by atoms with Crippen molar-refractivity contribution in [2.24, 2.45) is 5.92 Å². The second kappa shape index (κ2) is 3.01. The van der Waals surface area contributed by atoms with Crippen LogP contribution in [0.2, 0.25) is 0 Å². The Morgan fingerprint density at radius 3 is 2.80 bits per heavy atom. The number of carbonyl (C=O) groups is 1. The van der Waals surface area contributed by atoms with Gasteiger partial charge in [-0.05, 0) is 12.3 Å². The van der Waals surface area contributed by atoms with Crippen LogP contribution in [-0.2, 0) is 4.79 Å². The second-order valence-electron chi connectivity index (χ2n) is 2.77. The molecule has 2 unspecified atom stereocenters. The third kappa shape index (κ3) is 1.29. The summed E-state index contributed by atoms with van der Waals surface area (Å²) < 4.78 is 0. The topological polar surface area (TPSA) is 49.3 Å². The monoisotopic (exact) mass is 143 g/mol. The fourth-order valence-corrected chi connectivity index (χ4v) is 1.33. The largest absolute Gasteiger partial charge is 0.480 e. The van der Waals surface area contributed by atoms with E-state index >= 15 is 0 Å². The van der Waals surface area contributed by atoms with Gasteiger partial charge < -0.3 is 10.4 Å². The number of hydrogen-bond donors (Lipinski definition) is 2. The maximum atomic E-state index is 10.4. The first-order chi connectivity index (χ1) is 4.75. The highest BCUT2D eigenvalue weighted by molar-refractivity contribution is 5.75. The lowest BCUT2D eigenvalue weighted by Crippen LogP contribution is -2.57. The maximum Gasteiger partial charge on any atom is 0.321 e. The molecule has 0 bridgehead atoms. The average Bonchev–Trinajstić information content (AvgIpc) is 1.78. The molecule has 10 heavy (non-hydrogen) atoms. The Bertz CT molecular complexity index is 136. The predicted molar refractivity (Wildman–Crippen MR) is 37.8 cm³/mol. The lowest BCUT2D eigenvalue weighted by molar-refractivity contribution is -0.143. The molecule has 1 heterocycles. The molecule has 0 radical (unpaired) electrons. The van der Waals surface area contributed by atoms with E-state index in [-0.39, 0.29) is 6.04 Å². The molecule has 0 aromatic carbocycles. The van der Waals surface area contributed by atoms with Gasteiger partial charge in [-0.2, -0.15) is 0 Å². The molecule has 0 aromatic heterocycles. The fraction of sp³-hybridized carbons (Fsp3) is 0.857. The van der Waals surface area contributed by atoms with E-state index in [0.717, 1.165) is 19.4 Å². The molecule has 1 fully saturated rings. The van der Waals surface area contributed by atoms with Crippen LogP contribution in [0.4, 0.5) is 0 Å². The minimum Gasteiger partial charge on any atom is -0.480 e. The van der Waals surface area contributed by atoms with E-state index in [2.05, 4.69) is 12.2 Å². The molecule has 1 aliphatic rings. The Labute approximate surface area is 60.4 Å². The lowest BCUT2D eigenvalue weighted by atomic mass is 9.88. The van der Waals surface area contributed by atoms with E-state index in [4.69, 9.17) is 5.11 Å². The first-order valence-corrected chi connectivity index (χ1v) is 3.72. The minimum atomic E-state index is -0.704. The number of nitrogens with one attached hydrogen (secondary N) is 1. The highest BCUT2D eigenvalue weighted by Crippen LogP contribution is 2.18. The minimum absolute atomic E-state index is 0.264. The molecule has 0 aromatic rings. The summed E-state index contributed by atoms with van der Waals surface area (Å²) in [6, 6.07) is -0.264. The molecule has 2 atom stereocenters. The van der Waals surface area contributed by atoms with Gasteiger partial charge in [0.15, 0.2) is 0 Å². The first-order valence-electron chi connectivity index (χ1n) is 3.72. The highest BCUT2D eigenvalue weighted by atomic mass is 16.4. The van der Waals surface area contributed by atoms with E-state index in [1.165, 1.54) is 0 Å². The van der Waals surface area contributed by atoms with Crippen LogP contribution in [0, 0.1) is 5.92 Å². The summed E-state index contributed by atoms with van der Waals surface area (Å²) in [7, 11) is 0. The molecule has 1 saturated heterocycles. The summed E-state index contributed by atoms with van der Waals surface area (Å²) in [5.74, 6) is -0.327. The van der Waals surface area contributed by atoms with Crippen LogP contribution in [0.1, 0.15) is 19.8 Å². The SMILES string of the molecule is CCCC1CNC1C(=O)O. The van der Waals surface area contributed by atoms with Crippen LogP contribution in [0.5, 0.6) is 0 Å². The van der Waals surface area contributed by atoms with Crippen LogP contribution in [0.15, 0.2) is 0 Å². The molecule has 0 aliphatic carbocycles. The predicted octanol–water partition coefficient (Wildman–Crippen LogP) is 0.459. The Balaban J connectivity index is 2.28. The van der Waals surface area contributed by atoms with Gasteiger partial charge in [-0.25, -0.2) is 0 Å². The number of aliphatic carboxylic acids is 1. The molecule has 1 rings (SSSR count). The van der Waals surface area contributed by atoms with Gasteiger partial charge in [0.1, 0.15) is 6.04 Å². The van der Waals surface area contributed by atoms with Crippen LogP contribution in [0.3, 0.4) is 0 Å². The van der Waals surface area contributed by atoms with E-state index in [1.54, 1.807) is 0 Å². The van der Waals surface area contributed by atoms with E-state index in [0.29, 0.717) is 5.92 Å².